The zero-order valence-corrected chi connectivity index (χ0v) is 23.7. The number of aromatic nitrogens is 5. The third-order valence-corrected chi connectivity index (χ3v) is 7.76. The predicted octanol–water partition coefficient (Wildman–Crippen LogP) is 5.54. The van der Waals surface area contributed by atoms with Gasteiger partial charge in [-0.2, -0.15) is 10.1 Å². The fourth-order valence-electron chi connectivity index (χ4n) is 5.25. The summed E-state index contributed by atoms with van der Waals surface area (Å²) in [6, 6.07) is 7.12. The van der Waals surface area contributed by atoms with Crippen molar-refractivity contribution in [3.63, 3.8) is 0 Å². The molecular formula is C30H42N8O. The van der Waals surface area contributed by atoms with Gasteiger partial charge in [-0.3, -0.25) is 9.67 Å². The van der Waals surface area contributed by atoms with Crippen LogP contribution in [0.4, 0.5) is 11.8 Å². The van der Waals surface area contributed by atoms with Crippen molar-refractivity contribution < 1.29 is 5.11 Å². The average molecular weight is 531 g/mol. The number of unbranched alkanes of at least 4 members (excludes halogenated alkanes) is 2. The zero-order valence-electron chi connectivity index (χ0n) is 23.7. The Morgan fingerprint density at radius 1 is 1.13 bits per heavy atom. The molecule has 3 heterocycles. The summed E-state index contributed by atoms with van der Waals surface area (Å²) in [6.07, 6.45) is 11.5. The monoisotopic (exact) mass is 530 g/mol. The molecule has 0 amide bonds. The molecular weight excluding hydrogens is 488 g/mol. The molecule has 0 saturated heterocycles. The Morgan fingerprint density at radius 3 is 2.64 bits per heavy atom. The Kier molecular flexibility index (Phi) is 8.00. The number of rotatable bonds is 13. The fourth-order valence-corrected chi connectivity index (χ4v) is 5.25. The second kappa shape index (κ2) is 11.4. The number of anilines is 2. The molecule has 0 unspecified atom stereocenters. The van der Waals surface area contributed by atoms with E-state index >= 15 is 0 Å². The van der Waals surface area contributed by atoms with Crippen LogP contribution in [0.5, 0.6) is 0 Å². The molecule has 1 saturated carbocycles. The van der Waals surface area contributed by atoms with Crippen LogP contribution in [-0.4, -0.2) is 60.5 Å². The van der Waals surface area contributed by atoms with Crippen LogP contribution in [0, 0.1) is 0 Å². The number of hydrogen-bond acceptors (Lipinski definition) is 8. The van der Waals surface area contributed by atoms with Crippen molar-refractivity contribution in [3.8, 4) is 11.1 Å². The van der Waals surface area contributed by atoms with Gasteiger partial charge in [0, 0.05) is 23.7 Å². The van der Waals surface area contributed by atoms with E-state index in [9.17, 15) is 5.11 Å². The first-order chi connectivity index (χ1) is 18.8. The highest BCUT2D eigenvalue weighted by molar-refractivity contribution is 5.92. The maximum Gasteiger partial charge on any atom is 0.222 e. The smallest absolute Gasteiger partial charge is 0.222 e. The predicted molar refractivity (Wildman–Crippen MR) is 159 cm³/mol. The van der Waals surface area contributed by atoms with E-state index in [0.29, 0.717) is 22.9 Å². The summed E-state index contributed by atoms with van der Waals surface area (Å²) in [5, 5.41) is 19.4. The van der Waals surface area contributed by atoms with Gasteiger partial charge < -0.3 is 21.1 Å². The van der Waals surface area contributed by atoms with Gasteiger partial charge in [-0.05, 0) is 75.5 Å². The number of hydrogen-bond donors (Lipinski definition) is 3. The Balaban J connectivity index is 1.56. The number of nitrogens with one attached hydrogen (secondary N) is 1. The van der Waals surface area contributed by atoms with Gasteiger partial charge in [0.25, 0.3) is 0 Å². The van der Waals surface area contributed by atoms with E-state index in [0.717, 1.165) is 48.9 Å². The summed E-state index contributed by atoms with van der Waals surface area (Å²) in [7, 11) is 2.18. The molecule has 0 bridgehead atoms. The molecule has 9 heteroatoms. The minimum absolute atomic E-state index is 0.0139. The molecule has 1 aliphatic carbocycles. The lowest BCUT2D eigenvalue weighted by molar-refractivity contribution is 0.212. The molecule has 208 valence electrons. The average Bonchev–Trinajstić information content (AvgIpc) is 3.69. The molecule has 0 spiro atoms. The van der Waals surface area contributed by atoms with Crippen molar-refractivity contribution in [1.82, 2.24) is 29.6 Å². The van der Waals surface area contributed by atoms with Gasteiger partial charge in [0.15, 0.2) is 5.82 Å². The fraction of sp³-hybridized carbons (Fsp3) is 0.533. The summed E-state index contributed by atoms with van der Waals surface area (Å²) >= 11 is 0. The van der Waals surface area contributed by atoms with Crippen molar-refractivity contribution in [1.29, 1.82) is 0 Å². The number of nitrogen functional groups attached to an aromatic ring is 1. The highest BCUT2D eigenvalue weighted by atomic mass is 16.3. The highest BCUT2D eigenvalue weighted by Gasteiger charge is 2.27. The maximum atomic E-state index is 10.1. The van der Waals surface area contributed by atoms with E-state index in [1.807, 2.05) is 19.3 Å². The third kappa shape index (κ3) is 5.99. The Morgan fingerprint density at radius 2 is 1.92 bits per heavy atom. The van der Waals surface area contributed by atoms with Crippen LogP contribution in [0.3, 0.4) is 0 Å². The Bertz CT molecular complexity index is 1450. The van der Waals surface area contributed by atoms with Crippen LogP contribution in [0.15, 0.2) is 30.6 Å². The van der Waals surface area contributed by atoms with Crippen LogP contribution in [-0.2, 0) is 6.54 Å². The summed E-state index contributed by atoms with van der Waals surface area (Å²) in [6.45, 7) is 8.24. The Hall–Kier alpha value is -3.30. The molecule has 4 aromatic rings. The second-order valence-corrected chi connectivity index (χ2v) is 11.4. The summed E-state index contributed by atoms with van der Waals surface area (Å²) in [4.78, 5) is 16.2. The molecule has 1 atom stereocenters. The van der Waals surface area contributed by atoms with Crippen LogP contribution >= 0.6 is 0 Å². The lowest BCUT2D eigenvalue weighted by Crippen LogP contribution is -2.39. The van der Waals surface area contributed by atoms with E-state index in [-0.39, 0.29) is 12.6 Å². The van der Waals surface area contributed by atoms with E-state index in [2.05, 4.69) is 64.0 Å². The van der Waals surface area contributed by atoms with Gasteiger partial charge in [-0.1, -0.05) is 33.1 Å². The summed E-state index contributed by atoms with van der Waals surface area (Å²) < 4.78 is 2.19. The quantitative estimate of drug-likeness (QED) is 0.206. The van der Waals surface area contributed by atoms with Gasteiger partial charge in [-0.25, -0.2) is 4.98 Å². The number of aliphatic hydroxyl groups is 1. The van der Waals surface area contributed by atoms with Crippen LogP contribution in [0.1, 0.15) is 77.3 Å². The van der Waals surface area contributed by atoms with E-state index < -0.39 is 5.54 Å². The SMILES string of the molecule is CCCCN(C)Cc1cc2c(cnn2C2CC2)cc1-c1cnc2c(N[C@@](C)(CO)CCCC)nc(N)nc2c1. The summed E-state index contributed by atoms with van der Waals surface area (Å²) in [5.74, 6) is 0.734. The normalized spacial score (nSPS) is 15.3. The topological polar surface area (TPSA) is 118 Å². The molecule has 0 aliphatic heterocycles. The Labute approximate surface area is 230 Å². The minimum Gasteiger partial charge on any atom is -0.394 e. The molecule has 3 aromatic heterocycles. The zero-order chi connectivity index (χ0) is 27.6. The molecule has 5 rings (SSSR count). The first-order valence-electron chi connectivity index (χ1n) is 14.4. The van der Waals surface area contributed by atoms with E-state index in [1.54, 1.807) is 0 Å². The van der Waals surface area contributed by atoms with Gasteiger partial charge in [0.2, 0.25) is 5.95 Å². The van der Waals surface area contributed by atoms with Gasteiger partial charge in [0.05, 0.1) is 35.4 Å². The van der Waals surface area contributed by atoms with Crippen molar-refractivity contribution in [3.05, 3.63) is 36.2 Å². The molecule has 9 nitrogen and oxygen atoms in total. The molecule has 1 aliphatic rings. The molecule has 39 heavy (non-hydrogen) atoms. The number of aliphatic hydroxyl groups excluding tert-OH is 1. The first kappa shape index (κ1) is 27.3. The van der Waals surface area contributed by atoms with Gasteiger partial charge in [-0.15, -0.1) is 0 Å². The van der Waals surface area contributed by atoms with Crippen LogP contribution in [0.25, 0.3) is 33.1 Å². The van der Waals surface area contributed by atoms with E-state index in [4.69, 9.17) is 15.8 Å². The lowest BCUT2D eigenvalue weighted by atomic mass is 9.95. The maximum absolute atomic E-state index is 10.1. The number of benzene rings is 1. The largest absolute Gasteiger partial charge is 0.394 e. The standard InChI is InChI=1S/C30H42N8O/c1-5-7-11-30(3,19-39)36-28-27-25(34-29(31)35-28)14-20(16-32-27)24-13-21-17-33-38(23-9-10-23)26(21)15-22(24)18-37(4)12-8-6-2/h13-17,23,39H,5-12,18-19H2,1-4H3,(H3,31,34,35,36)/t30-/m1/s1. The molecule has 0 radical (unpaired) electrons. The highest BCUT2D eigenvalue weighted by Crippen LogP contribution is 2.39. The van der Waals surface area contributed by atoms with Crippen molar-refractivity contribution in [2.24, 2.45) is 0 Å². The lowest BCUT2D eigenvalue weighted by Gasteiger charge is -2.29. The van der Waals surface area contributed by atoms with E-state index in [1.165, 1.54) is 36.8 Å². The number of pyridine rings is 1. The van der Waals surface area contributed by atoms with Crippen LogP contribution < -0.4 is 11.1 Å². The van der Waals surface area contributed by atoms with Gasteiger partial charge >= 0.3 is 0 Å². The first-order valence-corrected chi connectivity index (χ1v) is 14.4. The second-order valence-electron chi connectivity index (χ2n) is 11.4. The number of nitrogens with zero attached hydrogens (tertiary/aromatic N) is 6. The minimum atomic E-state index is -0.521. The van der Waals surface area contributed by atoms with Crippen molar-refractivity contribution >= 4 is 33.7 Å². The third-order valence-electron chi connectivity index (χ3n) is 7.76. The number of nitrogens with two attached hydrogens (primary N) is 1. The molecule has 1 fully saturated rings. The molecule has 4 N–H and O–H groups in total. The number of fused-ring (bicyclic) bond motifs is 2. The van der Waals surface area contributed by atoms with Crippen molar-refractivity contribution in [2.75, 3.05) is 31.2 Å². The van der Waals surface area contributed by atoms with Crippen LogP contribution in [0.2, 0.25) is 0 Å². The van der Waals surface area contributed by atoms with Crippen molar-refractivity contribution in [2.45, 2.75) is 83.8 Å². The van der Waals surface area contributed by atoms with Gasteiger partial charge in [0.1, 0.15) is 5.52 Å². The molecule has 1 aromatic carbocycles. The summed E-state index contributed by atoms with van der Waals surface area (Å²) in [5.41, 5.74) is 11.5.